The minimum absolute atomic E-state index is 0.0841. The first kappa shape index (κ1) is 21.9. The van der Waals surface area contributed by atoms with Crippen molar-refractivity contribution in [2.45, 2.75) is 18.6 Å². The number of likely N-dealkylation sites (tertiary alicyclic amines) is 1. The van der Waals surface area contributed by atoms with Gasteiger partial charge in [0, 0.05) is 0 Å². The van der Waals surface area contributed by atoms with E-state index in [0.29, 0.717) is 11.1 Å². The van der Waals surface area contributed by atoms with E-state index in [2.05, 4.69) is 5.32 Å². The first-order chi connectivity index (χ1) is 15.2. The molecule has 1 aliphatic rings. The summed E-state index contributed by atoms with van der Waals surface area (Å²) in [6.07, 6.45) is 0. The van der Waals surface area contributed by atoms with E-state index >= 15 is 0 Å². The number of nitrogens with one attached hydrogen (secondary N) is 1. The highest BCUT2D eigenvalue weighted by atomic mass is 19.2. The van der Waals surface area contributed by atoms with Gasteiger partial charge in [-0.3, -0.25) is 4.79 Å². The van der Waals surface area contributed by atoms with E-state index in [-0.39, 0.29) is 24.3 Å². The zero-order valence-electron chi connectivity index (χ0n) is 17.3. The summed E-state index contributed by atoms with van der Waals surface area (Å²) < 4.78 is 42.8. The number of hydrogen-bond acceptors (Lipinski definition) is 4. The molecular formula is C24H22F3N3O2. The summed E-state index contributed by atoms with van der Waals surface area (Å²) in [4.78, 5) is 14.3. The molecule has 8 heteroatoms. The highest BCUT2D eigenvalue weighted by molar-refractivity contribution is 6.01. The molecule has 0 spiro atoms. The van der Waals surface area contributed by atoms with Crippen LogP contribution in [0.3, 0.4) is 0 Å². The van der Waals surface area contributed by atoms with Crippen LogP contribution in [-0.4, -0.2) is 34.6 Å². The molecule has 1 atom stereocenters. The zero-order valence-corrected chi connectivity index (χ0v) is 17.3. The number of aryl methyl sites for hydroxylation is 1. The van der Waals surface area contributed by atoms with E-state index in [1.807, 2.05) is 6.07 Å². The lowest BCUT2D eigenvalue weighted by atomic mass is 9.82. The third-order valence-corrected chi connectivity index (χ3v) is 5.66. The van der Waals surface area contributed by atoms with Gasteiger partial charge in [0.15, 0.2) is 11.6 Å². The molecule has 3 aromatic rings. The van der Waals surface area contributed by atoms with Crippen molar-refractivity contribution in [1.82, 2.24) is 4.90 Å². The fraction of sp³-hybridized carbons (Fsp3) is 0.208. The molecule has 4 rings (SSSR count). The van der Waals surface area contributed by atoms with Crippen LogP contribution in [0.1, 0.15) is 27.5 Å². The molecule has 166 valence electrons. The third-order valence-electron chi connectivity index (χ3n) is 5.66. The number of nitrogens with zero attached hydrogens (tertiary/aromatic N) is 1. The second-order valence-electron chi connectivity index (χ2n) is 8.05. The number of aliphatic hydroxyl groups is 1. The molecule has 1 saturated heterocycles. The van der Waals surface area contributed by atoms with Gasteiger partial charge in [-0.25, -0.2) is 13.2 Å². The number of β-amino-alcohol motifs (C(OH)–C–C–N with tert-alkyl or cyclic N) is 1. The molecule has 1 aliphatic heterocycles. The van der Waals surface area contributed by atoms with E-state index < -0.39 is 40.7 Å². The summed E-state index contributed by atoms with van der Waals surface area (Å²) in [6.45, 7) is 1.52. The van der Waals surface area contributed by atoms with Crippen molar-refractivity contribution in [3.8, 4) is 0 Å². The monoisotopic (exact) mass is 441 g/mol. The number of benzene rings is 3. The minimum Gasteiger partial charge on any atom is -0.384 e. The fourth-order valence-corrected chi connectivity index (χ4v) is 3.80. The number of rotatable bonds is 5. The molecule has 0 radical (unpaired) electrons. The van der Waals surface area contributed by atoms with Crippen LogP contribution in [0.5, 0.6) is 0 Å². The molecule has 32 heavy (non-hydrogen) atoms. The summed E-state index contributed by atoms with van der Waals surface area (Å²) in [7, 11) is 0. The van der Waals surface area contributed by atoms with E-state index in [4.69, 9.17) is 5.73 Å². The third kappa shape index (κ3) is 3.94. The Morgan fingerprint density at radius 3 is 2.41 bits per heavy atom. The quantitative estimate of drug-likeness (QED) is 0.558. The van der Waals surface area contributed by atoms with Crippen LogP contribution >= 0.6 is 0 Å². The zero-order chi connectivity index (χ0) is 23.0. The first-order valence-electron chi connectivity index (χ1n) is 10.0. The smallest absolute Gasteiger partial charge is 0.256 e. The standard InChI is InChI=1S/C24H22F3N3O2/c1-14-7-10-19(18(26)11-14)29-21-16(8-9-17(25)20(21)27)23(31)30-12-24(32,13-30)22(28)15-5-3-2-4-6-15/h2-11,22,29,32H,12-13,28H2,1H3. The molecule has 5 nitrogen and oxygen atoms in total. The predicted molar refractivity (Wildman–Crippen MR) is 115 cm³/mol. The van der Waals surface area contributed by atoms with Gasteiger partial charge in [0.1, 0.15) is 11.4 Å². The van der Waals surface area contributed by atoms with Crippen LogP contribution in [0.25, 0.3) is 0 Å². The summed E-state index contributed by atoms with van der Waals surface area (Å²) in [6, 6.07) is 14.4. The first-order valence-corrected chi connectivity index (χ1v) is 10.0. The Morgan fingerprint density at radius 1 is 1.06 bits per heavy atom. The summed E-state index contributed by atoms with van der Waals surface area (Å²) in [5.41, 5.74) is 5.45. The maximum Gasteiger partial charge on any atom is 0.256 e. The molecule has 0 bridgehead atoms. The lowest BCUT2D eigenvalue weighted by molar-refractivity contribution is -0.0978. The Bertz CT molecular complexity index is 1160. The maximum absolute atomic E-state index is 14.6. The topological polar surface area (TPSA) is 78.6 Å². The fourth-order valence-electron chi connectivity index (χ4n) is 3.80. The van der Waals surface area contributed by atoms with Gasteiger partial charge in [0.05, 0.1) is 36.1 Å². The Kier molecular flexibility index (Phi) is 5.66. The number of anilines is 2. The van der Waals surface area contributed by atoms with Crippen LogP contribution in [-0.2, 0) is 0 Å². The molecule has 0 aromatic heterocycles. The van der Waals surface area contributed by atoms with Gasteiger partial charge >= 0.3 is 0 Å². The van der Waals surface area contributed by atoms with Crippen molar-refractivity contribution in [1.29, 1.82) is 0 Å². The van der Waals surface area contributed by atoms with E-state index in [0.717, 1.165) is 12.1 Å². The largest absolute Gasteiger partial charge is 0.384 e. The lowest BCUT2D eigenvalue weighted by Gasteiger charge is -2.49. The van der Waals surface area contributed by atoms with Gasteiger partial charge in [-0.2, -0.15) is 0 Å². The van der Waals surface area contributed by atoms with Crippen molar-refractivity contribution >= 4 is 17.3 Å². The number of nitrogens with two attached hydrogens (primary N) is 1. The number of carbonyl (C=O) groups is 1. The van der Waals surface area contributed by atoms with Gasteiger partial charge in [-0.1, -0.05) is 36.4 Å². The predicted octanol–water partition coefficient (Wildman–Crippen LogP) is 4.04. The molecule has 0 saturated carbocycles. The molecule has 3 aromatic carbocycles. The van der Waals surface area contributed by atoms with Gasteiger partial charge < -0.3 is 21.1 Å². The van der Waals surface area contributed by atoms with Crippen molar-refractivity contribution in [3.05, 3.63) is 94.8 Å². The average molecular weight is 441 g/mol. The summed E-state index contributed by atoms with van der Waals surface area (Å²) in [5, 5.41) is 13.4. The van der Waals surface area contributed by atoms with E-state index in [1.54, 1.807) is 37.3 Å². The van der Waals surface area contributed by atoms with Crippen molar-refractivity contribution in [2.75, 3.05) is 18.4 Å². The number of hydrogen-bond donors (Lipinski definition) is 3. The van der Waals surface area contributed by atoms with E-state index in [1.165, 1.54) is 17.0 Å². The second-order valence-corrected chi connectivity index (χ2v) is 8.05. The van der Waals surface area contributed by atoms with Gasteiger partial charge in [0.25, 0.3) is 5.91 Å². The number of amides is 1. The maximum atomic E-state index is 14.6. The summed E-state index contributed by atoms with van der Waals surface area (Å²) >= 11 is 0. The SMILES string of the molecule is Cc1ccc(Nc2c(C(=O)N3CC(O)(C(N)c4ccccc4)C3)ccc(F)c2F)c(F)c1. The van der Waals surface area contributed by atoms with Gasteiger partial charge in [-0.15, -0.1) is 0 Å². The minimum atomic E-state index is -1.35. The molecule has 1 unspecified atom stereocenters. The van der Waals surface area contributed by atoms with Crippen molar-refractivity contribution in [3.63, 3.8) is 0 Å². The number of carbonyl (C=O) groups excluding carboxylic acids is 1. The molecular weight excluding hydrogens is 419 g/mol. The second kappa shape index (κ2) is 8.29. The molecule has 4 N–H and O–H groups in total. The highest BCUT2D eigenvalue weighted by Gasteiger charge is 2.49. The molecule has 1 fully saturated rings. The molecule has 0 aliphatic carbocycles. The highest BCUT2D eigenvalue weighted by Crippen LogP contribution is 2.35. The Labute approximate surface area is 183 Å². The molecule has 1 heterocycles. The van der Waals surface area contributed by atoms with Gasteiger partial charge in [0.2, 0.25) is 0 Å². The van der Waals surface area contributed by atoms with Crippen molar-refractivity contribution in [2.24, 2.45) is 5.73 Å². The van der Waals surface area contributed by atoms with Gasteiger partial charge in [-0.05, 0) is 42.3 Å². The Morgan fingerprint density at radius 2 is 1.75 bits per heavy atom. The Hall–Kier alpha value is -3.36. The van der Waals surface area contributed by atoms with Crippen LogP contribution in [0.15, 0.2) is 60.7 Å². The van der Waals surface area contributed by atoms with Crippen LogP contribution in [0.2, 0.25) is 0 Å². The van der Waals surface area contributed by atoms with Crippen LogP contribution < -0.4 is 11.1 Å². The van der Waals surface area contributed by atoms with E-state index in [9.17, 15) is 23.1 Å². The normalized spacial score (nSPS) is 15.8. The Balaban J connectivity index is 1.58. The van der Waals surface area contributed by atoms with Crippen molar-refractivity contribution < 1.29 is 23.1 Å². The van der Waals surface area contributed by atoms with Crippen LogP contribution in [0, 0.1) is 24.4 Å². The average Bonchev–Trinajstić information content (AvgIpc) is 2.76. The molecule has 1 amide bonds. The summed E-state index contributed by atoms with van der Waals surface area (Å²) in [5.74, 6) is -3.78. The lowest BCUT2D eigenvalue weighted by Crippen LogP contribution is -2.67. The van der Waals surface area contributed by atoms with Crippen LogP contribution in [0.4, 0.5) is 24.5 Å². The number of halogens is 3.